The van der Waals surface area contributed by atoms with E-state index in [2.05, 4.69) is 5.32 Å². The van der Waals surface area contributed by atoms with Gasteiger partial charge in [-0.2, -0.15) is 0 Å². The summed E-state index contributed by atoms with van der Waals surface area (Å²) < 4.78 is 15.4. The van der Waals surface area contributed by atoms with Crippen molar-refractivity contribution in [3.63, 3.8) is 0 Å². The van der Waals surface area contributed by atoms with E-state index < -0.39 is 5.97 Å². The molecule has 0 unspecified atom stereocenters. The Hall–Kier alpha value is -3.22. The van der Waals surface area contributed by atoms with E-state index in [1.165, 1.54) is 14.2 Å². The summed E-state index contributed by atoms with van der Waals surface area (Å²) in [5, 5.41) is 2.72. The van der Waals surface area contributed by atoms with Crippen LogP contribution in [-0.4, -0.2) is 46.8 Å². The molecule has 7 nitrogen and oxygen atoms in total. The van der Waals surface area contributed by atoms with Crippen LogP contribution >= 0.6 is 0 Å². The molecular weight excluding hydrogens is 348 g/mol. The smallest absolute Gasteiger partial charge is 0.342 e. The Morgan fingerprint density at radius 1 is 1.00 bits per heavy atom. The van der Waals surface area contributed by atoms with E-state index in [1.807, 2.05) is 43.3 Å². The SMILES string of the molecule is COc1cccc(C(=O)OCC(=O)NCc2ccc(N(C)C)cc2)c1OC. The third-order valence-electron chi connectivity index (χ3n) is 3.90. The van der Waals surface area contributed by atoms with Gasteiger partial charge in [0.05, 0.1) is 14.2 Å². The van der Waals surface area contributed by atoms with E-state index in [4.69, 9.17) is 14.2 Å². The van der Waals surface area contributed by atoms with Crippen molar-refractivity contribution >= 4 is 17.6 Å². The second-order valence-corrected chi connectivity index (χ2v) is 5.95. The van der Waals surface area contributed by atoms with Crippen LogP contribution < -0.4 is 19.7 Å². The summed E-state index contributed by atoms with van der Waals surface area (Å²) in [7, 11) is 6.83. The molecule has 0 aromatic heterocycles. The van der Waals surface area contributed by atoms with Crippen molar-refractivity contribution < 1.29 is 23.8 Å². The Morgan fingerprint density at radius 3 is 2.30 bits per heavy atom. The van der Waals surface area contributed by atoms with Crippen molar-refractivity contribution in [2.75, 3.05) is 39.8 Å². The summed E-state index contributed by atoms with van der Waals surface area (Å²) in [6.45, 7) is -0.0262. The number of anilines is 1. The first-order valence-corrected chi connectivity index (χ1v) is 8.37. The predicted octanol–water partition coefficient (Wildman–Crippen LogP) is 2.24. The standard InChI is InChI=1S/C20H24N2O5/c1-22(2)15-10-8-14(9-11-15)12-21-18(23)13-27-20(24)16-6-5-7-17(25-3)19(16)26-4/h5-11H,12-13H2,1-4H3,(H,21,23). The minimum absolute atomic E-state index is 0.198. The first kappa shape index (κ1) is 20.1. The molecule has 0 radical (unpaired) electrons. The van der Waals surface area contributed by atoms with Crippen LogP contribution in [0.5, 0.6) is 11.5 Å². The minimum atomic E-state index is -0.656. The zero-order valence-electron chi connectivity index (χ0n) is 15.9. The van der Waals surface area contributed by atoms with Gasteiger partial charge < -0.3 is 24.4 Å². The number of carbonyl (C=O) groups excluding carboxylic acids is 2. The maximum Gasteiger partial charge on any atom is 0.342 e. The van der Waals surface area contributed by atoms with Crippen molar-refractivity contribution in [2.45, 2.75) is 6.54 Å². The first-order valence-electron chi connectivity index (χ1n) is 8.37. The maximum atomic E-state index is 12.2. The molecular formula is C20H24N2O5. The van der Waals surface area contributed by atoms with Gasteiger partial charge in [-0.25, -0.2) is 4.79 Å². The number of esters is 1. The van der Waals surface area contributed by atoms with E-state index in [0.717, 1.165) is 11.3 Å². The second-order valence-electron chi connectivity index (χ2n) is 5.95. The van der Waals surface area contributed by atoms with Crippen molar-refractivity contribution in [1.82, 2.24) is 5.32 Å². The fraction of sp³-hybridized carbons (Fsp3) is 0.300. The molecule has 0 fully saturated rings. The van der Waals surface area contributed by atoms with Crippen LogP contribution in [0.15, 0.2) is 42.5 Å². The predicted molar refractivity (Wildman–Crippen MR) is 102 cm³/mol. The lowest BCUT2D eigenvalue weighted by molar-refractivity contribution is -0.124. The molecule has 27 heavy (non-hydrogen) atoms. The summed E-state index contributed by atoms with van der Waals surface area (Å²) in [4.78, 5) is 26.2. The largest absolute Gasteiger partial charge is 0.493 e. The summed E-state index contributed by atoms with van der Waals surface area (Å²) in [6, 6.07) is 12.7. The van der Waals surface area contributed by atoms with E-state index in [9.17, 15) is 9.59 Å². The average Bonchev–Trinajstić information content (AvgIpc) is 2.69. The Morgan fingerprint density at radius 2 is 1.70 bits per heavy atom. The highest BCUT2D eigenvalue weighted by Gasteiger charge is 2.18. The van der Waals surface area contributed by atoms with Crippen molar-refractivity contribution in [3.05, 3.63) is 53.6 Å². The van der Waals surface area contributed by atoms with Crippen LogP contribution in [-0.2, 0) is 16.1 Å². The Labute approximate surface area is 158 Å². The van der Waals surface area contributed by atoms with Gasteiger partial charge in [0.25, 0.3) is 5.91 Å². The van der Waals surface area contributed by atoms with Crippen LogP contribution in [0.3, 0.4) is 0 Å². The Bertz CT molecular complexity index is 787. The van der Waals surface area contributed by atoms with E-state index in [1.54, 1.807) is 18.2 Å². The van der Waals surface area contributed by atoms with Gasteiger partial charge >= 0.3 is 5.97 Å². The molecule has 1 N–H and O–H groups in total. The van der Waals surface area contributed by atoms with Gasteiger partial charge in [-0.15, -0.1) is 0 Å². The summed E-state index contributed by atoms with van der Waals surface area (Å²) in [6.07, 6.45) is 0. The first-order chi connectivity index (χ1) is 13.0. The lowest BCUT2D eigenvalue weighted by Gasteiger charge is -2.13. The molecule has 0 heterocycles. The number of para-hydroxylation sites is 1. The van der Waals surface area contributed by atoms with Gasteiger partial charge in [-0.3, -0.25) is 4.79 Å². The third kappa shape index (κ3) is 5.37. The van der Waals surface area contributed by atoms with Crippen molar-refractivity contribution in [2.24, 2.45) is 0 Å². The fourth-order valence-electron chi connectivity index (χ4n) is 2.42. The van der Waals surface area contributed by atoms with Gasteiger partial charge in [0.2, 0.25) is 0 Å². The molecule has 0 bridgehead atoms. The zero-order chi connectivity index (χ0) is 19.8. The lowest BCUT2D eigenvalue weighted by atomic mass is 10.2. The second kappa shape index (κ2) is 9.47. The third-order valence-corrected chi connectivity index (χ3v) is 3.90. The van der Waals surface area contributed by atoms with Gasteiger partial charge in [-0.05, 0) is 29.8 Å². The highest BCUT2D eigenvalue weighted by atomic mass is 16.5. The van der Waals surface area contributed by atoms with Gasteiger partial charge in [0.15, 0.2) is 18.1 Å². The average molecular weight is 372 g/mol. The molecule has 0 atom stereocenters. The van der Waals surface area contributed by atoms with E-state index >= 15 is 0 Å². The van der Waals surface area contributed by atoms with Crippen LogP contribution in [0, 0.1) is 0 Å². The molecule has 2 aromatic rings. The number of nitrogens with one attached hydrogen (secondary N) is 1. The highest BCUT2D eigenvalue weighted by Crippen LogP contribution is 2.31. The molecule has 2 rings (SSSR count). The summed E-state index contributed by atoms with van der Waals surface area (Å²) in [5.41, 5.74) is 2.23. The van der Waals surface area contributed by atoms with Gasteiger partial charge in [-0.1, -0.05) is 18.2 Å². The molecule has 1 amide bonds. The number of benzene rings is 2. The number of nitrogens with zero attached hydrogens (tertiary/aromatic N) is 1. The number of amides is 1. The number of rotatable bonds is 8. The number of ether oxygens (including phenoxy) is 3. The van der Waals surface area contributed by atoms with Crippen LogP contribution in [0.2, 0.25) is 0 Å². The molecule has 2 aromatic carbocycles. The summed E-state index contributed by atoms with van der Waals surface area (Å²) >= 11 is 0. The maximum absolute atomic E-state index is 12.2. The van der Waals surface area contributed by atoms with Crippen molar-refractivity contribution in [1.29, 1.82) is 0 Å². The molecule has 0 aliphatic rings. The van der Waals surface area contributed by atoms with Crippen molar-refractivity contribution in [3.8, 4) is 11.5 Å². The zero-order valence-corrected chi connectivity index (χ0v) is 15.9. The Kier molecular flexibility index (Phi) is 7.05. The monoisotopic (exact) mass is 372 g/mol. The molecule has 0 aliphatic carbocycles. The van der Waals surface area contributed by atoms with Crippen LogP contribution in [0.25, 0.3) is 0 Å². The lowest BCUT2D eigenvalue weighted by Crippen LogP contribution is -2.28. The number of hydrogen-bond donors (Lipinski definition) is 1. The van der Waals surface area contributed by atoms with Crippen LogP contribution in [0.4, 0.5) is 5.69 Å². The number of hydrogen-bond acceptors (Lipinski definition) is 6. The quantitative estimate of drug-likeness (QED) is 0.716. The Balaban J connectivity index is 1.87. The molecule has 7 heteroatoms. The molecule has 0 saturated carbocycles. The fourth-order valence-corrected chi connectivity index (χ4v) is 2.42. The van der Waals surface area contributed by atoms with Gasteiger partial charge in [0, 0.05) is 26.3 Å². The molecule has 0 saturated heterocycles. The molecule has 0 spiro atoms. The van der Waals surface area contributed by atoms with Gasteiger partial charge in [0.1, 0.15) is 5.56 Å². The molecule has 144 valence electrons. The molecule has 0 aliphatic heterocycles. The van der Waals surface area contributed by atoms with E-state index in [-0.39, 0.29) is 23.8 Å². The minimum Gasteiger partial charge on any atom is -0.493 e. The summed E-state index contributed by atoms with van der Waals surface area (Å²) in [5.74, 6) is -0.359. The van der Waals surface area contributed by atoms with E-state index in [0.29, 0.717) is 12.3 Å². The number of methoxy groups -OCH3 is 2. The number of carbonyl (C=O) groups is 2. The topological polar surface area (TPSA) is 77.1 Å². The highest BCUT2D eigenvalue weighted by molar-refractivity contribution is 5.94. The normalized spacial score (nSPS) is 10.1. The van der Waals surface area contributed by atoms with Crippen LogP contribution in [0.1, 0.15) is 15.9 Å².